The average molecular weight is 380 g/mol. The van der Waals surface area contributed by atoms with Crippen LogP contribution < -0.4 is 0 Å². The van der Waals surface area contributed by atoms with Crippen molar-refractivity contribution in [2.45, 2.75) is 33.0 Å². The maximum atomic E-state index is 12.2. The zero-order chi connectivity index (χ0) is 20.0. The molecule has 0 aliphatic carbocycles. The van der Waals surface area contributed by atoms with Gasteiger partial charge >= 0.3 is 5.97 Å². The van der Waals surface area contributed by atoms with E-state index in [1.807, 2.05) is 86.7 Å². The van der Waals surface area contributed by atoms with E-state index in [-0.39, 0.29) is 18.5 Å². The molecule has 4 heteroatoms. The first-order valence-corrected chi connectivity index (χ1v) is 9.49. The third-order valence-corrected chi connectivity index (χ3v) is 3.74. The van der Waals surface area contributed by atoms with Gasteiger partial charge in [0.2, 0.25) is 5.76 Å². The summed E-state index contributed by atoms with van der Waals surface area (Å²) in [5.41, 5.74) is 2.24. The van der Waals surface area contributed by atoms with Gasteiger partial charge < -0.3 is 14.2 Å². The predicted molar refractivity (Wildman–Crippen MR) is 111 cm³/mol. The summed E-state index contributed by atoms with van der Waals surface area (Å²) in [6, 6.07) is 19.9. The van der Waals surface area contributed by atoms with E-state index in [0.29, 0.717) is 19.6 Å². The van der Waals surface area contributed by atoms with Crippen molar-refractivity contribution in [3.63, 3.8) is 0 Å². The molecule has 28 heavy (non-hydrogen) atoms. The van der Waals surface area contributed by atoms with E-state index in [0.717, 1.165) is 11.1 Å². The highest BCUT2D eigenvalue weighted by atomic mass is 16.6. The Morgan fingerprint density at radius 3 is 2.14 bits per heavy atom. The van der Waals surface area contributed by atoms with Crippen LogP contribution >= 0.6 is 0 Å². The van der Waals surface area contributed by atoms with E-state index in [2.05, 4.69) is 0 Å². The molecular weight excluding hydrogens is 352 g/mol. The van der Waals surface area contributed by atoms with Crippen molar-refractivity contribution < 1.29 is 19.0 Å². The Morgan fingerprint density at radius 2 is 1.50 bits per heavy atom. The van der Waals surface area contributed by atoms with Crippen molar-refractivity contribution in [1.29, 1.82) is 0 Å². The molecule has 0 radical (unpaired) electrons. The fourth-order valence-corrected chi connectivity index (χ4v) is 2.39. The van der Waals surface area contributed by atoms with Crippen LogP contribution in [-0.4, -0.2) is 25.3 Å². The van der Waals surface area contributed by atoms with Gasteiger partial charge in [0.15, 0.2) is 0 Å². The molecule has 0 N–H and O–H groups in total. The average Bonchev–Trinajstić information content (AvgIpc) is 2.70. The second-order valence-electron chi connectivity index (χ2n) is 6.50. The lowest BCUT2D eigenvalue weighted by Gasteiger charge is -2.11. The van der Waals surface area contributed by atoms with Gasteiger partial charge in [0.25, 0.3) is 0 Å². The monoisotopic (exact) mass is 380 g/mol. The first-order valence-electron chi connectivity index (χ1n) is 9.49. The first-order chi connectivity index (χ1) is 13.6. The van der Waals surface area contributed by atoms with Gasteiger partial charge in [-0.05, 0) is 43.5 Å². The molecule has 0 heterocycles. The van der Waals surface area contributed by atoms with Crippen molar-refractivity contribution in [3.05, 3.63) is 95.8 Å². The molecule has 0 atom stereocenters. The Kier molecular flexibility index (Phi) is 9.59. The number of carbonyl (C=O) groups excluding carboxylic acids is 1. The maximum absolute atomic E-state index is 12.2. The van der Waals surface area contributed by atoms with Crippen molar-refractivity contribution in [3.8, 4) is 0 Å². The number of hydrogen-bond donors (Lipinski definition) is 0. The second kappa shape index (κ2) is 12.5. The molecule has 148 valence electrons. The quantitative estimate of drug-likeness (QED) is 0.184. The SMILES string of the molecule is CC(C)OC(=O)/C(=C/Cc1ccccc1)OC/C=C\COCc1ccccc1. The van der Waals surface area contributed by atoms with Gasteiger partial charge in [0, 0.05) is 0 Å². The third-order valence-electron chi connectivity index (χ3n) is 3.74. The highest BCUT2D eigenvalue weighted by Gasteiger charge is 2.13. The maximum Gasteiger partial charge on any atom is 0.373 e. The summed E-state index contributed by atoms with van der Waals surface area (Å²) >= 11 is 0. The van der Waals surface area contributed by atoms with E-state index in [1.165, 1.54) is 0 Å². The number of hydrogen-bond acceptors (Lipinski definition) is 4. The molecule has 4 nitrogen and oxygen atoms in total. The smallest absolute Gasteiger partial charge is 0.373 e. The van der Waals surface area contributed by atoms with E-state index in [4.69, 9.17) is 14.2 Å². The lowest BCUT2D eigenvalue weighted by Crippen LogP contribution is -2.16. The van der Waals surface area contributed by atoms with Crippen molar-refractivity contribution in [2.24, 2.45) is 0 Å². The molecule has 0 unspecified atom stereocenters. The molecule has 2 aromatic carbocycles. The van der Waals surface area contributed by atoms with Gasteiger partial charge in [-0.1, -0.05) is 66.7 Å². The minimum atomic E-state index is -0.445. The molecule has 2 rings (SSSR count). The summed E-state index contributed by atoms with van der Waals surface area (Å²) in [5.74, 6) is -0.216. The third kappa shape index (κ3) is 8.69. The van der Waals surface area contributed by atoms with E-state index in [1.54, 1.807) is 6.08 Å². The summed E-state index contributed by atoms with van der Waals surface area (Å²) in [6.45, 7) is 4.96. The number of carbonyl (C=O) groups is 1. The largest absolute Gasteiger partial charge is 0.483 e. The fourth-order valence-electron chi connectivity index (χ4n) is 2.39. The number of rotatable bonds is 11. The van der Waals surface area contributed by atoms with Gasteiger partial charge in [0.1, 0.15) is 6.61 Å². The summed E-state index contributed by atoms with van der Waals surface area (Å²) in [7, 11) is 0. The molecule has 0 saturated carbocycles. The number of esters is 1. The summed E-state index contributed by atoms with van der Waals surface area (Å²) in [6.07, 6.45) is 5.89. The van der Waals surface area contributed by atoms with Gasteiger partial charge in [-0.15, -0.1) is 0 Å². The molecule has 0 bridgehead atoms. The summed E-state index contributed by atoms with van der Waals surface area (Å²) in [5, 5.41) is 0. The van der Waals surface area contributed by atoms with Crippen LogP contribution in [0.25, 0.3) is 0 Å². The number of allylic oxidation sites excluding steroid dienone is 1. The number of ether oxygens (including phenoxy) is 3. The van der Waals surface area contributed by atoms with Crippen LogP contribution in [0.5, 0.6) is 0 Å². The van der Waals surface area contributed by atoms with Crippen LogP contribution in [0.2, 0.25) is 0 Å². The topological polar surface area (TPSA) is 44.8 Å². The van der Waals surface area contributed by atoms with Crippen LogP contribution in [-0.2, 0) is 32.0 Å². The van der Waals surface area contributed by atoms with Crippen molar-refractivity contribution in [1.82, 2.24) is 0 Å². The number of benzene rings is 2. The molecule has 2 aromatic rings. The van der Waals surface area contributed by atoms with Crippen LogP contribution in [0.4, 0.5) is 0 Å². The van der Waals surface area contributed by atoms with E-state index >= 15 is 0 Å². The Balaban J connectivity index is 1.79. The van der Waals surface area contributed by atoms with Gasteiger partial charge in [0.05, 0.1) is 19.3 Å². The zero-order valence-corrected chi connectivity index (χ0v) is 16.5. The molecule has 0 aliphatic heterocycles. The standard InChI is InChI=1S/C24H28O4/c1-20(2)28-24(25)23(16-15-21-11-5-3-6-12-21)27-18-10-9-17-26-19-22-13-7-4-8-14-22/h3-14,16,20H,15,17-19H2,1-2H3/b10-9-,23-16-. The molecule has 0 saturated heterocycles. The van der Waals surface area contributed by atoms with Crippen molar-refractivity contribution >= 4 is 5.97 Å². The highest BCUT2D eigenvalue weighted by molar-refractivity contribution is 5.86. The zero-order valence-electron chi connectivity index (χ0n) is 16.5. The van der Waals surface area contributed by atoms with Gasteiger partial charge in [-0.2, -0.15) is 0 Å². The Labute approximate surface area is 167 Å². The summed E-state index contributed by atoms with van der Waals surface area (Å²) < 4.78 is 16.5. The van der Waals surface area contributed by atoms with E-state index in [9.17, 15) is 4.79 Å². The second-order valence-corrected chi connectivity index (χ2v) is 6.50. The van der Waals surface area contributed by atoms with Gasteiger partial charge in [-0.3, -0.25) is 0 Å². The van der Waals surface area contributed by atoms with Crippen LogP contribution in [0, 0.1) is 0 Å². The van der Waals surface area contributed by atoms with Crippen LogP contribution in [0.15, 0.2) is 84.7 Å². The summed E-state index contributed by atoms with van der Waals surface area (Å²) in [4.78, 5) is 12.2. The lowest BCUT2D eigenvalue weighted by molar-refractivity contribution is -0.146. The van der Waals surface area contributed by atoms with Crippen LogP contribution in [0.1, 0.15) is 25.0 Å². The van der Waals surface area contributed by atoms with Gasteiger partial charge in [-0.25, -0.2) is 4.79 Å². The minimum Gasteiger partial charge on any atom is -0.483 e. The highest BCUT2D eigenvalue weighted by Crippen LogP contribution is 2.08. The minimum absolute atomic E-state index is 0.196. The normalized spacial score (nSPS) is 11.8. The molecule has 0 spiro atoms. The first kappa shape index (κ1) is 21.5. The predicted octanol–water partition coefficient (Wildman–Crippen LogP) is 4.85. The molecule has 0 fully saturated rings. The Bertz CT molecular complexity index is 749. The van der Waals surface area contributed by atoms with Crippen LogP contribution in [0.3, 0.4) is 0 Å². The Morgan fingerprint density at radius 1 is 0.893 bits per heavy atom. The fraction of sp³-hybridized carbons (Fsp3) is 0.292. The van der Waals surface area contributed by atoms with E-state index < -0.39 is 5.97 Å². The molecular formula is C24H28O4. The lowest BCUT2D eigenvalue weighted by atomic mass is 10.1. The molecule has 0 amide bonds. The molecule has 0 aliphatic rings. The Hall–Kier alpha value is -2.85. The van der Waals surface area contributed by atoms with Crippen molar-refractivity contribution in [2.75, 3.05) is 13.2 Å². The molecule has 0 aromatic heterocycles.